The van der Waals surface area contributed by atoms with E-state index in [-0.39, 0.29) is 6.04 Å². The number of rotatable bonds is 3. The summed E-state index contributed by atoms with van der Waals surface area (Å²) in [5, 5.41) is 2.01. The Bertz CT molecular complexity index is 486. The molecule has 1 unspecified atom stereocenters. The number of nitrogens with zero attached hydrogens (tertiary/aromatic N) is 1. The number of ether oxygens (including phenoxy) is 1. The molecule has 0 saturated carbocycles. The Hall–Kier alpha value is -0.910. The standard InChI is InChI=1S/C11H11BrN2OS/c1-15-8-4-7(5-14-6-8)10(13)11-9(12)2-3-16-11/h2-6,10H,13H2,1H3. The van der Waals surface area contributed by atoms with Gasteiger partial charge in [0.1, 0.15) is 5.75 Å². The minimum atomic E-state index is -0.169. The van der Waals surface area contributed by atoms with E-state index < -0.39 is 0 Å². The molecule has 0 fully saturated rings. The van der Waals surface area contributed by atoms with Crippen LogP contribution in [0.3, 0.4) is 0 Å². The summed E-state index contributed by atoms with van der Waals surface area (Å²) in [5.74, 6) is 0.723. The normalized spacial score (nSPS) is 12.4. The van der Waals surface area contributed by atoms with Crippen LogP contribution in [0.25, 0.3) is 0 Å². The molecule has 2 N–H and O–H groups in total. The van der Waals surface area contributed by atoms with E-state index in [1.54, 1.807) is 30.8 Å². The van der Waals surface area contributed by atoms with Gasteiger partial charge in [0.15, 0.2) is 0 Å². The van der Waals surface area contributed by atoms with Crippen LogP contribution in [0.15, 0.2) is 34.4 Å². The summed E-state index contributed by atoms with van der Waals surface area (Å²) in [7, 11) is 1.62. The van der Waals surface area contributed by atoms with Gasteiger partial charge in [0.2, 0.25) is 0 Å². The predicted octanol–water partition coefficient (Wildman–Crippen LogP) is 2.96. The van der Waals surface area contributed by atoms with Crippen LogP contribution in [0, 0.1) is 0 Å². The summed E-state index contributed by atoms with van der Waals surface area (Å²) in [6.07, 6.45) is 3.43. The molecule has 0 aliphatic carbocycles. The van der Waals surface area contributed by atoms with Crippen molar-refractivity contribution in [1.82, 2.24) is 4.98 Å². The summed E-state index contributed by atoms with van der Waals surface area (Å²) in [4.78, 5) is 5.19. The highest BCUT2D eigenvalue weighted by molar-refractivity contribution is 9.10. The number of hydrogen-bond donors (Lipinski definition) is 1. The first kappa shape index (κ1) is 11.6. The molecule has 0 saturated heterocycles. The molecular formula is C11H11BrN2OS. The quantitative estimate of drug-likeness (QED) is 0.948. The van der Waals surface area contributed by atoms with E-state index in [0.717, 1.165) is 20.7 Å². The molecule has 84 valence electrons. The van der Waals surface area contributed by atoms with Crippen LogP contribution in [-0.2, 0) is 0 Å². The molecule has 2 aromatic heterocycles. The second kappa shape index (κ2) is 4.95. The number of hydrogen-bond acceptors (Lipinski definition) is 4. The van der Waals surface area contributed by atoms with E-state index >= 15 is 0 Å². The first-order valence-corrected chi connectivity index (χ1v) is 6.37. The third-order valence-corrected chi connectivity index (χ3v) is 4.21. The van der Waals surface area contributed by atoms with Gasteiger partial charge in [-0.2, -0.15) is 0 Å². The number of aromatic nitrogens is 1. The maximum atomic E-state index is 6.17. The highest BCUT2D eigenvalue weighted by Gasteiger charge is 2.14. The maximum absolute atomic E-state index is 6.17. The molecule has 0 aliphatic rings. The maximum Gasteiger partial charge on any atom is 0.137 e. The highest BCUT2D eigenvalue weighted by Crippen LogP contribution is 2.32. The van der Waals surface area contributed by atoms with Crippen LogP contribution < -0.4 is 10.5 Å². The zero-order chi connectivity index (χ0) is 11.5. The van der Waals surface area contributed by atoms with Crippen LogP contribution in [0.2, 0.25) is 0 Å². The molecule has 2 aromatic rings. The largest absolute Gasteiger partial charge is 0.495 e. The number of halogens is 1. The summed E-state index contributed by atoms with van der Waals surface area (Å²) < 4.78 is 6.16. The summed E-state index contributed by atoms with van der Waals surface area (Å²) in [6.45, 7) is 0. The molecule has 0 aliphatic heterocycles. The number of methoxy groups -OCH3 is 1. The van der Waals surface area contributed by atoms with Gasteiger partial charge in [-0.3, -0.25) is 4.98 Å². The van der Waals surface area contributed by atoms with Gasteiger partial charge < -0.3 is 10.5 Å². The Balaban J connectivity index is 2.33. The van der Waals surface area contributed by atoms with Crippen LogP contribution in [0.1, 0.15) is 16.5 Å². The first-order valence-electron chi connectivity index (χ1n) is 4.69. The third kappa shape index (κ3) is 2.26. The van der Waals surface area contributed by atoms with Gasteiger partial charge in [0.05, 0.1) is 19.3 Å². The van der Waals surface area contributed by atoms with Gasteiger partial charge in [-0.15, -0.1) is 11.3 Å². The molecule has 2 rings (SSSR count). The highest BCUT2D eigenvalue weighted by atomic mass is 79.9. The second-order valence-electron chi connectivity index (χ2n) is 3.27. The van der Waals surface area contributed by atoms with E-state index in [2.05, 4.69) is 20.9 Å². The number of nitrogens with two attached hydrogens (primary N) is 1. The van der Waals surface area contributed by atoms with E-state index in [0.29, 0.717) is 0 Å². The molecule has 0 bridgehead atoms. The smallest absolute Gasteiger partial charge is 0.137 e. The van der Waals surface area contributed by atoms with E-state index in [1.165, 1.54) is 0 Å². The molecule has 0 aromatic carbocycles. The Kier molecular flexibility index (Phi) is 3.58. The lowest BCUT2D eigenvalue weighted by Crippen LogP contribution is -2.11. The zero-order valence-corrected chi connectivity index (χ0v) is 11.1. The van der Waals surface area contributed by atoms with Gasteiger partial charge >= 0.3 is 0 Å². The fourth-order valence-electron chi connectivity index (χ4n) is 1.40. The average Bonchev–Trinajstić information content (AvgIpc) is 2.74. The van der Waals surface area contributed by atoms with E-state index in [1.807, 2.05) is 17.5 Å². The molecule has 3 nitrogen and oxygen atoms in total. The Morgan fingerprint density at radius 2 is 2.31 bits per heavy atom. The summed E-state index contributed by atoms with van der Waals surface area (Å²) in [5.41, 5.74) is 7.12. The summed E-state index contributed by atoms with van der Waals surface area (Å²) in [6, 6.07) is 3.73. The van der Waals surface area contributed by atoms with E-state index in [9.17, 15) is 0 Å². The lowest BCUT2D eigenvalue weighted by molar-refractivity contribution is 0.412. The van der Waals surface area contributed by atoms with Crippen LogP contribution in [0.5, 0.6) is 5.75 Å². The average molecular weight is 299 g/mol. The third-order valence-electron chi connectivity index (χ3n) is 2.26. The van der Waals surface area contributed by atoms with Crippen molar-refractivity contribution < 1.29 is 4.74 Å². The molecule has 0 spiro atoms. The van der Waals surface area contributed by atoms with Crippen molar-refractivity contribution in [3.63, 3.8) is 0 Å². The van der Waals surface area contributed by atoms with E-state index in [4.69, 9.17) is 10.5 Å². The van der Waals surface area contributed by atoms with Crippen molar-refractivity contribution in [2.24, 2.45) is 5.73 Å². The Morgan fingerprint density at radius 3 is 2.94 bits per heavy atom. The number of thiophene rings is 1. The molecule has 1 atom stereocenters. The Labute approximate surface area is 106 Å². The summed E-state index contributed by atoms with van der Waals surface area (Å²) >= 11 is 5.10. The zero-order valence-electron chi connectivity index (χ0n) is 8.68. The molecule has 5 heteroatoms. The van der Waals surface area contributed by atoms with Crippen molar-refractivity contribution in [2.45, 2.75) is 6.04 Å². The minimum absolute atomic E-state index is 0.169. The Morgan fingerprint density at radius 1 is 1.50 bits per heavy atom. The fourth-order valence-corrected chi connectivity index (χ4v) is 3.04. The van der Waals surface area contributed by atoms with Crippen LogP contribution >= 0.6 is 27.3 Å². The van der Waals surface area contributed by atoms with Crippen molar-refractivity contribution in [1.29, 1.82) is 0 Å². The monoisotopic (exact) mass is 298 g/mol. The first-order chi connectivity index (χ1) is 7.72. The van der Waals surface area contributed by atoms with Gasteiger partial charge in [0, 0.05) is 15.5 Å². The molecule has 0 radical (unpaired) electrons. The lowest BCUT2D eigenvalue weighted by Gasteiger charge is -2.11. The van der Waals surface area contributed by atoms with Gasteiger partial charge in [-0.05, 0) is 39.0 Å². The SMILES string of the molecule is COc1cncc(C(N)c2sccc2Br)c1. The molecular weight excluding hydrogens is 288 g/mol. The minimum Gasteiger partial charge on any atom is -0.495 e. The van der Waals surface area contributed by atoms with Gasteiger partial charge in [0.25, 0.3) is 0 Å². The second-order valence-corrected chi connectivity index (χ2v) is 5.07. The lowest BCUT2D eigenvalue weighted by atomic mass is 10.1. The predicted molar refractivity (Wildman–Crippen MR) is 68.8 cm³/mol. The molecule has 16 heavy (non-hydrogen) atoms. The molecule has 0 amide bonds. The molecule has 2 heterocycles. The van der Waals surface area contributed by atoms with Gasteiger partial charge in [-0.25, -0.2) is 0 Å². The van der Waals surface area contributed by atoms with Crippen molar-refractivity contribution in [2.75, 3.05) is 7.11 Å². The van der Waals surface area contributed by atoms with Gasteiger partial charge in [-0.1, -0.05) is 0 Å². The van der Waals surface area contributed by atoms with Crippen molar-refractivity contribution in [3.8, 4) is 5.75 Å². The van der Waals surface area contributed by atoms with Crippen molar-refractivity contribution in [3.05, 3.63) is 44.8 Å². The number of pyridine rings is 1. The van der Waals surface area contributed by atoms with Crippen molar-refractivity contribution >= 4 is 27.3 Å². The fraction of sp³-hybridized carbons (Fsp3) is 0.182. The van der Waals surface area contributed by atoms with Crippen LogP contribution in [0.4, 0.5) is 0 Å². The van der Waals surface area contributed by atoms with Crippen LogP contribution in [-0.4, -0.2) is 12.1 Å². The topological polar surface area (TPSA) is 48.1 Å².